The molecule has 1 fully saturated rings. The molecule has 33 heavy (non-hydrogen) atoms. The van der Waals surface area contributed by atoms with Gasteiger partial charge in [0.2, 0.25) is 0 Å². The maximum atomic E-state index is 12.9. The fraction of sp³-hybridized carbons (Fsp3) is 0.120. The lowest BCUT2D eigenvalue weighted by Crippen LogP contribution is -2.35. The first-order chi connectivity index (χ1) is 15.9. The van der Waals surface area contributed by atoms with Crippen LogP contribution >= 0.6 is 23.2 Å². The van der Waals surface area contributed by atoms with E-state index in [1.54, 1.807) is 30.3 Å². The van der Waals surface area contributed by atoms with Crippen molar-refractivity contribution in [3.63, 3.8) is 0 Å². The second kappa shape index (κ2) is 9.98. The van der Waals surface area contributed by atoms with E-state index in [2.05, 4.69) is 5.43 Å². The number of benzene rings is 3. The number of carbonyl (C=O) groups excluding carboxylic acids is 2. The first kappa shape index (κ1) is 22.7. The summed E-state index contributed by atoms with van der Waals surface area (Å²) in [6.45, 7) is 2.43. The van der Waals surface area contributed by atoms with Gasteiger partial charge in [-0.3, -0.25) is 15.0 Å². The van der Waals surface area contributed by atoms with Gasteiger partial charge in [0, 0.05) is 10.6 Å². The summed E-state index contributed by atoms with van der Waals surface area (Å²) in [4.78, 5) is 25.4. The number of hydrogen-bond donors (Lipinski definition) is 1. The maximum Gasteiger partial charge on any atom is 0.282 e. The number of rotatable bonds is 7. The van der Waals surface area contributed by atoms with Gasteiger partial charge in [-0.25, -0.2) is 5.01 Å². The van der Waals surface area contributed by atoms with Crippen molar-refractivity contribution in [2.45, 2.75) is 6.92 Å². The second-order valence-electron chi connectivity index (χ2n) is 7.24. The summed E-state index contributed by atoms with van der Waals surface area (Å²) in [6.07, 6.45) is 1.43. The number of halogens is 2. The van der Waals surface area contributed by atoms with E-state index in [9.17, 15) is 9.59 Å². The van der Waals surface area contributed by atoms with Gasteiger partial charge in [0.1, 0.15) is 30.3 Å². The largest absolute Gasteiger partial charge is 0.490 e. The first-order valence-electron chi connectivity index (χ1n) is 10.2. The Morgan fingerprint density at radius 1 is 0.939 bits per heavy atom. The van der Waals surface area contributed by atoms with E-state index < -0.39 is 11.8 Å². The maximum absolute atomic E-state index is 12.9. The van der Waals surface area contributed by atoms with E-state index in [1.807, 2.05) is 37.3 Å². The number of para-hydroxylation sites is 2. The molecule has 0 unspecified atom stereocenters. The average Bonchev–Trinajstić information content (AvgIpc) is 3.08. The number of anilines is 1. The van der Waals surface area contributed by atoms with Crippen LogP contribution in [0.5, 0.6) is 11.5 Å². The molecule has 6 nitrogen and oxygen atoms in total. The molecule has 2 amide bonds. The van der Waals surface area contributed by atoms with Crippen LogP contribution in [0.15, 0.2) is 72.3 Å². The molecular weight excluding hydrogens is 463 g/mol. The van der Waals surface area contributed by atoms with E-state index in [-0.39, 0.29) is 23.8 Å². The molecule has 1 aliphatic heterocycles. The summed E-state index contributed by atoms with van der Waals surface area (Å²) < 4.78 is 11.6. The highest BCUT2D eigenvalue weighted by Gasteiger charge is 2.34. The minimum Gasteiger partial charge on any atom is -0.490 e. The zero-order chi connectivity index (χ0) is 23.4. The van der Waals surface area contributed by atoms with Crippen molar-refractivity contribution < 1.29 is 19.1 Å². The molecule has 3 aromatic rings. The Labute approximate surface area is 201 Å². The van der Waals surface area contributed by atoms with Gasteiger partial charge in [0.25, 0.3) is 11.8 Å². The summed E-state index contributed by atoms with van der Waals surface area (Å²) in [5, 5.41) is 1.80. The fourth-order valence-electron chi connectivity index (χ4n) is 3.33. The predicted molar refractivity (Wildman–Crippen MR) is 129 cm³/mol. The van der Waals surface area contributed by atoms with E-state index in [0.717, 1.165) is 11.3 Å². The van der Waals surface area contributed by atoms with Gasteiger partial charge >= 0.3 is 0 Å². The number of hydrazine groups is 1. The van der Waals surface area contributed by atoms with Crippen LogP contribution < -0.4 is 19.9 Å². The van der Waals surface area contributed by atoms with Gasteiger partial charge in [-0.05, 0) is 48.9 Å². The van der Waals surface area contributed by atoms with Gasteiger partial charge in [0.05, 0.1) is 10.7 Å². The van der Waals surface area contributed by atoms with Crippen LogP contribution in [-0.4, -0.2) is 25.0 Å². The molecule has 1 heterocycles. The highest BCUT2D eigenvalue weighted by Crippen LogP contribution is 2.35. The Kier molecular flexibility index (Phi) is 6.87. The molecule has 0 radical (unpaired) electrons. The van der Waals surface area contributed by atoms with Gasteiger partial charge in [-0.2, -0.15) is 0 Å². The third-order valence-corrected chi connectivity index (χ3v) is 5.42. The summed E-state index contributed by atoms with van der Waals surface area (Å²) >= 11 is 12.5. The lowest BCUT2D eigenvalue weighted by atomic mass is 10.1. The van der Waals surface area contributed by atoms with E-state index in [1.165, 1.54) is 17.2 Å². The standard InChI is InChI=1S/C25H20Cl2N2O4/c1-16-7-5-6-10-22(16)32-11-12-33-23-17(13-18(26)15-21(23)27)14-20-24(30)28-29(25(20)31)19-8-3-2-4-9-19/h2-10,13-15H,11-12H2,1H3,(H,28,30). The predicted octanol–water partition coefficient (Wildman–Crippen LogP) is 5.22. The Bertz CT molecular complexity index is 1230. The number of ether oxygens (including phenoxy) is 2. The summed E-state index contributed by atoms with van der Waals surface area (Å²) in [6, 6.07) is 19.6. The SMILES string of the molecule is Cc1ccccc1OCCOc1c(Cl)cc(Cl)cc1C=C1C(=O)NN(c2ccccc2)C1=O. The molecule has 0 saturated carbocycles. The Hall–Kier alpha value is -3.48. The lowest BCUT2D eigenvalue weighted by Gasteiger charge is -2.14. The minimum atomic E-state index is -0.534. The Morgan fingerprint density at radius 3 is 2.39 bits per heavy atom. The van der Waals surface area contributed by atoms with Gasteiger partial charge < -0.3 is 9.47 Å². The molecule has 8 heteroatoms. The molecular formula is C25H20Cl2N2O4. The Morgan fingerprint density at radius 2 is 1.64 bits per heavy atom. The van der Waals surface area contributed by atoms with Crippen LogP contribution in [-0.2, 0) is 9.59 Å². The van der Waals surface area contributed by atoms with Crippen molar-refractivity contribution in [1.82, 2.24) is 5.43 Å². The molecule has 3 aromatic carbocycles. The van der Waals surface area contributed by atoms with Crippen LogP contribution in [0.2, 0.25) is 10.0 Å². The lowest BCUT2D eigenvalue weighted by molar-refractivity contribution is -0.117. The monoisotopic (exact) mass is 482 g/mol. The number of hydrogen-bond acceptors (Lipinski definition) is 4. The zero-order valence-electron chi connectivity index (χ0n) is 17.7. The van der Waals surface area contributed by atoms with Gasteiger partial charge in [-0.15, -0.1) is 0 Å². The van der Waals surface area contributed by atoms with Crippen molar-refractivity contribution in [2.75, 3.05) is 18.2 Å². The minimum absolute atomic E-state index is 0.0572. The molecule has 0 spiro atoms. The summed E-state index contributed by atoms with van der Waals surface area (Å²) in [7, 11) is 0. The quantitative estimate of drug-likeness (QED) is 0.284. The van der Waals surface area contributed by atoms with E-state index >= 15 is 0 Å². The molecule has 0 aromatic heterocycles. The molecule has 0 atom stereocenters. The van der Waals surface area contributed by atoms with Crippen molar-refractivity contribution in [2.24, 2.45) is 0 Å². The number of carbonyl (C=O) groups is 2. The molecule has 0 aliphatic carbocycles. The smallest absolute Gasteiger partial charge is 0.282 e. The van der Waals surface area contributed by atoms with Crippen molar-refractivity contribution in [1.29, 1.82) is 0 Å². The highest BCUT2D eigenvalue weighted by atomic mass is 35.5. The van der Waals surface area contributed by atoms with Gasteiger partial charge in [-0.1, -0.05) is 59.6 Å². The molecule has 1 N–H and O–H groups in total. The molecule has 0 bridgehead atoms. The summed E-state index contributed by atoms with van der Waals surface area (Å²) in [5.74, 6) is 0.0468. The molecule has 1 aliphatic rings. The number of aryl methyl sites for hydroxylation is 1. The van der Waals surface area contributed by atoms with Crippen LogP contribution in [0, 0.1) is 6.92 Å². The van der Waals surface area contributed by atoms with Crippen LogP contribution in [0.1, 0.15) is 11.1 Å². The van der Waals surface area contributed by atoms with Crippen LogP contribution in [0.25, 0.3) is 6.08 Å². The zero-order valence-corrected chi connectivity index (χ0v) is 19.2. The van der Waals surface area contributed by atoms with E-state index in [4.69, 9.17) is 32.7 Å². The topological polar surface area (TPSA) is 67.9 Å². The fourth-order valence-corrected chi connectivity index (χ4v) is 3.89. The average molecular weight is 483 g/mol. The second-order valence-corrected chi connectivity index (χ2v) is 8.09. The van der Waals surface area contributed by atoms with Crippen molar-refractivity contribution >= 4 is 46.8 Å². The first-order valence-corrected chi connectivity index (χ1v) is 10.9. The summed E-state index contributed by atoms with van der Waals surface area (Å²) in [5.41, 5.74) is 4.49. The Balaban J connectivity index is 1.54. The molecule has 168 valence electrons. The number of nitrogens with one attached hydrogen (secondary N) is 1. The normalized spacial score (nSPS) is 14.5. The van der Waals surface area contributed by atoms with Crippen LogP contribution in [0.4, 0.5) is 5.69 Å². The van der Waals surface area contributed by atoms with E-state index in [0.29, 0.717) is 22.0 Å². The van der Waals surface area contributed by atoms with Crippen molar-refractivity contribution in [3.05, 3.63) is 93.5 Å². The number of nitrogens with zero attached hydrogens (tertiary/aromatic N) is 1. The third kappa shape index (κ3) is 5.13. The van der Waals surface area contributed by atoms with Crippen molar-refractivity contribution in [3.8, 4) is 11.5 Å². The molecule has 1 saturated heterocycles. The third-order valence-electron chi connectivity index (χ3n) is 4.92. The highest BCUT2D eigenvalue weighted by molar-refractivity contribution is 6.36. The van der Waals surface area contributed by atoms with Gasteiger partial charge in [0.15, 0.2) is 0 Å². The number of amides is 2. The van der Waals surface area contributed by atoms with Crippen LogP contribution in [0.3, 0.4) is 0 Å². The molecule has 4 rings (SSSR count).